The standard InChI is InChI=1S/C19H16N2O4/c1-11(17(23)13-7-9-14(10-8-13)20-12(2)22)21-18(24)15-5-3-4-6-16(15)19(21)25/h3-11H,1-2H3,(H,20,22). The normalized spacial score (nSPS) is 14.2. The first-order valence-electron chi connectivity index (χ1n) is 7.79. The summed E-state index contributed by atoms with van der Waals surface area (Å²) in [5.41, 5.74) is 1.55. The predicted molar refractivity (Wildman–Crippen MR) is 91.5 cm³/mol. The van der Waals surface area contributed by atoms with Crippen LogP contribution < -0.4 is 5.32 Å². The highest BCUT2D eigenvalue weighted by molar-refractivity contribution is 6.23. The highest BCUT2D eigenvalue weighted by Gasteiger charge is 2.40. The minimum Gasteiger partial charge on any atom is -0.326 e. The third kappa shape index (κ3) is 2.94. The first-order valence-corrected chi connectivity index (χ1v) is 7.79. The van der Waals surface area contributed by atoms with Crippen LogP contribution in [0.1, 0.15) is 44.9 Å². The average Bonchev–Trinajstić information content (AvgIpc) is 2.85. The molecule has 0 bridgehead atoms. The number of fused-ring (bicyclic) bond motifs is 1. The lowest BCUT2D eigenvalue weighted by Gasteiger charge is -2.21. The number of hydrogen-bond donors (Lipinski definition) is 1. The van der Waals surface area contributed by atoms with Crippen LogP contribution in [0.25, 0.3) is 0 Å². The van der Waals surface area contributed by atoms with E-state index in [4.69, 9.17) is 0 Å². The van der Waals surface area contributed by atoms with Gasteiger partial charge in [0.25, 0.3) is 11.8 Å². The topological polar surface area (TPSA) is 83.6 Å². The number of Topliss-reactive ketones (excluding diaryl/α,β-unsaturated/α-hetero) is 1. The van der Waals surface area contributed by atoms with E-state index >= 15 is 0 Å². The number of imide groups is 1. The maximum atomic E-state index is 12.7. The number of benzene rings is 2. The Balaban J connectivity index is 1.83. The number of nitrogens with zero attached hydrogens (tertiary/aromatic N) is 1. The summed E-state index contributed by atoms with van der Waals surface area (Å²) in [7, 11) is 0. The summed E-state index contributed by atoms with van der Waals surface area (Å²) >= 11 is 0. The van der Waals surface area contributed by atoms with Gasteiger partial charge in [-0.1, -0.05) is 12.1 Å². The van der Waals surface area contributed by atoms with Gasteiger partial charge in [0.2, 0.25) is 5.91 Å². The molecule has 6 nitrogen and oxygen atoms in total. The number of amides is 3. The molecule has 0 saturated carbocycles. The number of rotatable bonds is 4. The summed E-state index contributed by atoms with van der Waals surface area (Å²) < 4.78 is 0. The van der Waals surface area contributed by atoms with Crippen molar-refractivity contribution in [2.45, 2.75) is 19.9 Å². The van der Waals surface area contributed by atoms with Crippen molar-refractivity contribution in [1.29, 1.82) is 0 Å². The Bertz CT molecular complexity index is 852. The molecular weight excluding hydrogens is 320 g/mol. The summed E-state index contributed by atoms with van der Waals surface area (Å²) in [6, 6.07) is 11.9. The van der Waals surface area contributed by atoms with Crippen LogP contribution in [0.5, 0.6) is 0 Å². The van der Waals surface area contributed by atoms with Gasteiger partial charge in [0.1, 0.15) is 6.04 Å². The molecule has 6 heteroatoms. The van der Waals surface area contributed by atoms with Crippen LogP contribution in [0, 0.1) is 0 Å². The van der Waals surface area contributed by atoms with E-state index in [0.717, 1.165) is 4.90 Å². The van der Waals surface area contributed by atoms with Crippen molar-refractivity contribution in [2.75, 3.05) is 5.32 Å². The van der Waals surface area contributed by atoms with Crippen molar-refractivity contribution in [3.8, 4) is 0 Å². The summed E-state index contributed by atoms with van der Waals surface area (Å²) in [4.78, 5) is 49.6. The molecule has 0 spiro atoms. The molecule has 1 heterocycles. The van der Waals surface area contributed by atoms with Gasteiger partial charge in [0.05, 0.1) is 11.1 Å². The molecule has 3 amide bonds. The van der Waals surface area contributed by atoms with Gasteiger partial charge >= 0.3 is 0 Å². The second kappa shape index (κ2) is 6.32. The highest BCUT2D eigenvalue weighted by atomic mass is 16.2. The van der Waals surface area contributed by atoms with Crippen LogP contribution in [0.3, 0.4) is 0 Å². The lowest BCUT2D eigenvalue weighted by Crippen LogP contribution is -2.42. The van der Waals surface area contributed by atoms with E-state index in [1.54, 1.807) is 48.5 Å². The second-order valence-electron chi connectivity index (χ2n) is 5.82. The lowest BCUT2D eigenvalue weighted by atomic mass is 10.0. The number of carbonyl (C=O) groups is 4. The molecule has 1 aliphatic heterocycles. The molecule has 0 aliphatic carbocycles. The first-order chi connectivity index (χ1) is 11.9. The molecule has 1 aliphatic rings. The number of carbonyl (C=O) groups excluding carboxylic acids is 4. The molecule has 25 heavy (non-hydrogen) atoms. The van der Waals surface area contributed by atoms with E-state index in [9.17, 15) is 19.2 Å². The molecule has 0 fully saturated rings. The van der Waals surface area contributed by atoms with Gasteiger partial charge in [-0.2, -0.15) is 0 Å². The van der Waals surface area contributed by atoms with E-state index in [1.165, 1.54) is 13.8 Å². The Morgan fingerprint density at radius 1 is 0.920 bits per heavy atom. The maximum absolute atomic E-state index is 12.7. The van der Waals surface area contributed by atoms with Crippen LogP contribution in [0.2, 0.25) is 0 Å². The van der Waals surface area contributed by atoms with E-state index in [1.807, 2.05) is 0 Å². The molecular formula is C19H16N2O4. The van der Waals surface area contributed by atoms with Crippen LogP contribution in [0.15, 0.2) is 48.5 Å². The zero-order valence-corrected chi connectivity index (χ0v) is 13.8. The quantitative estimate of drug-likeness (QED) is 0.687. The van der Waals surface area contributed by atoms with E-state index in [2.05, 4.69) is 5.32 Å². The third-order valence-corrected chi connectivity index (χ3v) is 4.08. The Morgan fingerprint density at radius 3 is 1.92 bits per heavy atom. The van der Waals surface area contributed by atoms with Gasteiger partial charge in [0, 0.05) is 18.2 Å². The lowest BCUT2D eigenvalue weighted by molar-refractivity contribution is -0.114. The minimum atomic E-state index is -0.918. The molecule has 0 aromatic heterocycles. The monoisotopic (exact) mass is 336 g/mol. The molecule has 1 unspecified atom stereocenters. The number of ketones is 1. The van der Waals surface area contributed by atoms with Crippen molar-refractivity contribution in [3.05, 3.63) is 65.2 Å². The minimum absolute atomic E-state index is 0.210. The number of anilines is 1. The number of hydrogen-bond acceptors (Lipinski definition) is 4. The fraction of sp³-hybridized carbons (Fsp3) is 0.158. The summed E-state index contributed by atoms with van der Waals surface area (Å²) in [6.07, 6.45) is 0. The van der Waals surface area contributed by atoms with Crippen molar-refractivity contribution in [3.63, 3.8) is 0 Å². The van der Waals surface area contributed by atoms with Crippen LogP contribution in [-0.4, -0.2) is 34.4 Å². The van der Waals surface area contributed by atoms with Gasteiger partial charge in [0.15, 0.2) is 5.78 Å². The van der Waals surface area contributed by atoms with Crippen LogP contribution >= 0.6 is 0 Å². The molecule has 126 valence electrons. The molecule has 3 rings (SSSR count). The van der Waals surface area contributed by atoms with Crippen LogP contribution in [-0.2, 0) is 4.79 Å². The Kier molecular flexibility index (Phi) is 4.19. The zero-order valence-electron chi connectivity index (χ0n) is 13.8. The maximum Gasteiger partial charge on any atom is 0.262 e. The molecule has 1 atom stereocenters. The van der Waals surface area contributed by atoms with Gasteiger partial charge < -0.3 is 5.32 Å². The molecule has 0 radical (unpaired) electrons. The van der Waals surface area contributed by atoms with Crippen molar-refractivity contribution < 1.29 is 19.2 Å². The van der Waals surface area contributed by atoms with Crippen LogP contribution in [0.4, 0.5) is 5.69 Å². The predicted octanol–water partition coefficient (Wildman–Crippen LogP) is 2.51. The van der Waals surface area contributed by atoms with E-state index in [0.29, 0.717) is 22.4 Å². The smallest absolute Gasteiger partial charge is 0.262 e. The summed E-state index contributed by atoms with van der Waals surface area (Å²) in [5.74, 6) is -1.48. The highest BCUT2D eigenvalue weighted by Crippen LogP contribution is 2.25. The van der Waals surface area contributed by atoms with E-state index < -0.39 is 17.9 Å². The largest absolute Gasteiger partial charge is 0.326 e. The zero-order chi connectivity index (χ0) is 18.1. The van der Waals surface area contributed by atoms with Gasteiger partial charge in [-0.05, 0) is 43.3 Å². The Hall–Kier alpha value is -3.28. The fourth-order valence-electron chi connectivity index (χ4n) is 2.84. The van der Waals surface area contributed by atoms with Crippen molar-refractivity contribution in [1.82, 2.24) is 4.90 Å². The van der Waals surface area contributed by atoms with Gasteiger partial charge in [-0.3, -0.25) is 24.1 Å². The van der Waals surface area contributed by atoms with Crippen molar-refractivity contribution >= 4 is 29.2 Å². The second-order valence-corrected chi connectivity index (χ2v) is 5.82. The summed E-state index contributed by atoms with van der Waals surface area (Å²) in [6.45, 7) is 2.93. The average molecular weight is 336 g/mol. The summed E-state index contributed by atoms with van der Waals surface area (Å²) in [5, 5.41) is 2.61. The molecule has 2 aromatic rings. The number of nitrogens with one attached hydrogen (secondary N) is 1. The molecule has 1 N–H and O–H groups in total. The van der Waals surface area contributed by atoms with Gasteiger partial charge in [-0.25, -0.2) is 0 Å². The molecule has 0 saturated heterocycles. The Labute approximate surface area is 144 Å². The first kappa shape index (κ1) is 16.6. The third-order valence-electron chi connectivity index (χ3n) is 4.08. The van der Waals surface area contributed by atoms with Gasteiger partial charge in [-0.15, -0.1) is 0 Å². The van der Waals surface area contributed by atoms with E-state index in [-0.39, 0.29) is 11.7 Å². The Morgan fingerprint density at radius 2 is 1.44 bits per heavy atom. The molecule has 2 aromatic carbocycles. The SMILES string of the molecule is CC(=O)Nc1ccc(C(=O)C(C)N2C(=O)c3ccccc3C2=O)cc1. The fourth-order valence-corrected chi connectivity index (χ4v) is 2.84. The van der Waals surface area contributed by atoms with Crippen molar-refractivity contribution in [2.24, 2.45) is 0 Å².